The van der Waals surface area contributed by atoms with E-state index in [1.807, 2.05) is 0 Å². The second-order valence-electron chi connectivity index (χ2n) is 7.55. The van der Waals surface area contributed by atoms with Crippen LogP contribution in [0, 0.1) is 19.8 Å². The van der Waals surface area contributed by atoms with Crippen molar-refractivity contribution >= 4 is 5.91 Å². The normalized spacial score (nSPS) is 22.1. The third kappa shape index (κ3) is 4.22. The van der Waals surface area contributed by atoms with E-state index in [1.165, 1.54) is 23.8 Å². The van der Waals surface area contributed by atoms with E-state index in [9.17, 15) is 4.79 Å². The van der Waals surface area contributed by atoms with E-state index < -0.39 is 0 Å². The van der Waals surface area contributed by atoms with Gasteiger partial charge in [-0.05, 0) is 43.7 Å². The Kier molecular flexibility index (Phi) is 5.77. The lowest BCUT2D eigenvalue weighted by Gasteiger charge is -2.50. The highest BCUT2D eigenvalue weighted by molar-refractivity contribution is 5.77. The highest BCUT2D eigenvalue weighted by atomic mass is 16.5. The van der Waals surface area contributed by atoms with Crippen LogP contribution in [0.15, 0.2) is 18.2 Å². The Morgan fingerprint density at radius 1 is 1.40 bits per heavy atom. The number of hydrogen-bond donors (Lipinski definition) is 1. The molecule has 0 aliphatic carbocycles. The van der Waals surface area contributed by atoms with E-state index in [2.05, 4.69) is 42.3 Å². The SMILES string of the molecule is COCC(=O)NCC[C@H]1CCOC12CN(Cc1cc(C)ccc1C)C2. The van der Waals surface area contributed by atoms with Crippen molar-refractivity contribution in [1.29, 1.82) is 0 Å². The van der Waals surface area contributed by atoms with Crippen LogP contribution in [0.3, 0.4) is 0 Å². The Balaban J connectivity index is 1.49. The fraction of sp³-hybridized carbons (Fsp3) is 0.650. The maximum Gasteiger partial charge on any atom is 0.245 e. The molecule has 1 amide bonds. The number of carbonyl (C=O) groups excluding carboxylic acids is 1. The molecule has 2 heterocycles. The van der Waals surface area contributed by atoms with E-state index in [1.54, 1.807) is 0 Å². The first-order valence-corrected chi connectivity index (χ1v) is 9.20. The number of rotatable bonds is 7. The van der Waals surface area contributed by atoms with Gasteiger partial charge < -0.3 is 14.8 Å². The zero-order chi connectivity index (χ0) is 17.9. The van der Waals surface area contributed by atoms with E-state index in [4.69, 9.17) is 9.47 Å². The second kappa shape index (κ2) is 7.85. The number of methoxy groups -OCH3 is 1. The van der Waals surface area contributed by atoms with Gasteiger partial charge in [-0.15, -0.1) is 0 Å². The summed E-state index contributed by atoms with van der Waals surface area (Å²) < 4.78 is 11.0. The minimum atomic E-state index is -0.0411. The topological polar surface area (TPSA) is 50.8 Å². The van der Waals surface area contributed by atoms with Crippen molar-refractivity contribution in [1.82, 2.24) is 10.2 Å². The van der Waals surface area contributed by atoms with Gasteiger partial charge in [-0.1, -0.05) is 23.8 Å². The van der Waals surface area contributed by atoms with Gasteiger partial charge in [-0.3, -0.25) is 9.69 Å². The predicted octanol–water partition coefficient (Wildman–Crippen LogP) is 2.05. The van der Waals surface area contributed by atoms with Crippen molar-refractivity contribution in [2.75, 3.05) is 40.0 Å². The average molecular weight is 346 g/mol. The summed E-state index contributed by atoms with van der Waals surface area (Å²) in [4.78, 5) is 14.0. The van der Waals surface area contributed by atoms with Crippen molar-refractivity contribution < 1.29 is 14.3 Å². The lowest BCUT2D eigenvalue weighted by molar-refractivity contribution is -0.137. The minimum absolute atomic E-state index is 0.00368. The second-order valence-corrected chi connectivity index (χ2v) is 7.55. The number of amides is 1. The number of nitrogens with one attached hydrogen (secondary N) is 1. The van der Waals surface area contributed by atoms with Gasteiger partial charge in [0.25, 0.3) is 0 Å². The Hall–Kier alpha value is -1.43. The molecule has 25 heavy (non-hydrogen) atoms. The zero-order valence-electron chi connectivity index (χ0n) is 15.6. The standard InChI is InChI=1S/C20H30N2O3/c1-15-4-5-16(2)17(10-15)11-22-13-20(14-22)18(7-9-25-20)6-8-21-19(23)12-24-3/h4-5,10,18H,6-9,11-14H2,1-3H3,(H,21,23)/t18-/m0/s1. The summed E-state index contributed by atoms with van der Waals surface area (Å²) in [5, 5.41) is 2.93. The summed E-state index contributed by atoms with van der Waals surface area (Å²) in [5.74, 6) is 0.492. The molecule has 2 aliphatic heterocycles. The van der Waals surface area contributed by atoms with Crippen molar-refractivity contribution in [2.45, 2.75) is 38.8 Å². The fourth-order valence-electron chi connectivity index (χ4n) is 4.14. The van der Waals surface area contributed by atoms with Crippen LogP contribution < -0.4 is 5.32 Å². The molecular formula is C20H30N2O3. The molecule has 138 valence electrons. The zero-order valence-corrected chi connectivity index (χ0v) is 15.6. The number of likely N-dealkylation sites (tertiary alicyclic amines) is 1. The monoisotopic (exact) mass is 346 g/mol. The van der Waals surface area contributed by atoms with Crippen LogP contribution in [0.5, 0.6) is 0 Å². The van der Waals surface area contributed by atoms with Gasteiger partial charge >= 0.3 is 0 Å². The lowest BCUT2D eigenvalue weighted by Crippen LogP contribution is -2.64. The van der Waals surface area contributed by atoms with Gasteiger partial charge in [0.1, 0.15) is 6.61 Å². The summed E-state index contributed by atoms with van der Waals surface area (Å²) in [7, 11) is 1.54. The van der Waals surface area contributed by atoms with Crippen LogP contribution in [0.25, 0.3) is 0 Å². The molecule has 3 rings (SSSR count). The molecular weight excluding hydrogens is 316 g/mol. The smallest absolute Gasteiger partial charge is 0.245 e. The van der Waals surface area contributed by atoms with Crippen LogP contribution in [0.4, 0.5) is 0 Å². The van der Waals surface area contributed by atoms with Gasteiger partial charge in [0.05, 0.1) is 5.60 Å². The lowest BCUT2D eigenvalue weighted by atomic mass is 9.78. The first-order valence-electron chi connectivity index (χ1n) is 9.20. The minimum Gasteiger partial charge on any atom is -0.375 e. The molecule has 2 saturated heterocycles. The van der Waals surface area contributed by atoms with Gasteiger partial charge in [0.2, 0.25) is 5.91 Å². The number of aryl methyl sites for hydroxylation is 2. The average Bonchev–Trinajstić information content (AvgIpc) is 2.95. The summed E-state index contributed by atoms with van der Waals surface area (Å²) >= 11 is 0. The van der Waals surface area contributed by atoms with E-state index in [-0.39, 0.29) is 18.1 Å². The Bertz CT molecular complexity index is 611. The number of nitrogens with zero attached hydrogens (tertiary/aromatic N) is 1. The molecule has 0 radical (unpaired) electrons. The van der Waals surface area contributed by atoms with E-state index in [0.29, 0.717) is 12.5 Å². The Morgan fingerprint density at radius 2 is 2.20 bits per heavy atom. The van der Waals surface area contributed by atoms with Crippen LogP contribution in [0.1, 0.15) is 29.5 Å². The first kappa shape index (κ1) is 18.4. The summed E-state index contributed by atoms with van der Waals surface area (Å²) in [6, 6.07) is 6.67. The van der Waals surface area contributed by atoms with Crippen LogP contribution in [-0.4, -0.2) is 56.4 Å². The van der Waals surface area contributed by atoms with Gasteiger partial charge in [0.15, 0.2) is 0 Å². The van der Waals surface area contributed by atoms with E-state index in [0.717, 1.165) is 39.1 Å². The molecule has 1 atom stereocenters. The highest BCUT2D eigenvalue weighted by Gasteiger charge is 2.52. The quantitative estimate of drug-likeness (QED) is 0.821. The van der Waals surface area contributed by atoms with Gasteiger partial charge in [-0.25, -0.2) is 0 Å². The highest BCUT2D eigenvalue weighted by Crippen LogP contribution is 2.42. The van der Waals surface area contributed by atoms with Crippen molar-refractivity contribution in [2.24, 2.45) is 5.92 Å². The first-order chi connectivity index (χ1) is 12.0. The van der Waals surface area contributed by atoms with Crippen molar-refractivity contribution in [3.05, 3.63) is 34.9 Å². The molecule has 0 aromatic heterocycles. The summed E-state index contributed by atoms with van der Waals surface area (Å²) in [6.07, 6.45) is 2.07. The molecule has 1 spiro atoms. The van der Waals surface area contributed by atoms with Crippen LogP contribution >= 0.6 is 0 Å². The molecule has 1 aromatic carbocycles. The third-order valence-electron chi connectivity index (χ3n) is 5.57. The van der Waals surface area contributed by atoms with Crippen molar-refractivity contribution in [3.63, 3.8) is 0 Å². The summed E-state index contributed by atoms with van der Waals surface area (Å²) in [6.45, 7) is 9.00. The van der Waals surface area contributed by atoms with Crippen LogP contribution in [0.2, 0.25) is 0 Å². The molecule has 0 bridgehead atoms. The van der Waals surface area contributed by atoms with E-state index >= 15 is 0 Å². The molecule has 1 N–H and O–H groups in total. The number of ether oxygens (including phenoxy) is 2. The number of hydrogen-bond acceptors (Lipinski definition) is 4. The molecule has 2 fully saturated rings. The van der Waals surface area contributed by atoms with Crippen LogP contribution in [-0.2, 0) is 20.8 Å². The third-order valence-corrected chi connectivity index (χ3v) is 5.57. The Morgan fingerprint density at radius 3 is 2.96 bits per heavy atom. The molecule has 2 aliphatic rings. The number of carbonyl (C=O) groups is 1. The maximum absolute atomic E-state index is 11.5. The number of benzene rings is 1. The molecule has 5 heteroatoms. The largest absolute Gasteiger partial charge is 0.375 e. The molecule has 0 unspecified atom stereocenters. The fourth-order valence-corrected chi connectivity index (χ4v) is 4.14. The van der Waals surface area contributed by atoms with Gasteiger partial charge in [-0.2, -0.15) is 0 Å². The van der Waals surface area contributed by atoms with Gasteiger partial charge in [0, 0.05) is 39.9 Å². The van der Waals surface area contributed by atoms with Crippen molar-refractivity contribution in [3.8, 4) is 0 Å². The molecule has 0 saturated carbocycles. The Labute approximate surface area is 150 Å². The molecule has 1 aromatic rings. The summed E-state index contributed by atoms with van der Waals surface area (Å²) in [5.41, 5.74) is 4.09. The maximum atomic E-state index is 11.5. The predicted molar refractivity (Wildman–Crippen MR) is 97.5 cm³/mol. The molecule has 5 nitrogen and oxygen atoms in total.